The van der Waals surface area contributed by atoms with E-state index < -0.39 is 0 Å². The van der Waals surface area contributed by atoms with E-state index in [-0.39, 0.29) is 5.84 Å². The summed E-state index contributed by atoms with van der Waals surface area (Å²) in [4.78, 5) is 0. The van der Waals surface area contributed by atoms with Gasteiger partial charge in [0.25, 0.3) is 0 Å². The summed E-state index contributed by atoms with van der Waals surface area (Å²) >= 11 is 11.9. The highest BCUT2D eigenvalue weighted by Gasteiger charge is 2.05. The van der Waals surface area contributed by atoms with Crippen molar-refractivity contribution in [2.45, 2.75) is 0 Å². The summed E-state index contributed by atoms with van der Waals surface area (Å²) in [5.41, 5.74) is 6.03. The van der Waals surface area contributed by atoms with Gasteiger partial charge in [0.15, 0.2) is 0 Å². The quantitative estimate of drug-likeness (QED) is 0.483. The van der Waals surface area contributed by atoms with Crippen LogP contribution in [0.25, 0.3) is 0 Å². The van der Waals surface area contributed by atoms with Crippen molar-refractivity contribution in [2.24, 2.45) is 5.73 Å². The van der Waals surface area contributed by atoms with Gasteiger partial charge in [0.05, 0.1) is 5.02 Å². The molecule has 0 aliphatic rings. The molecule has 4 nitrogen and oxygen atoms in total. The summed E-state index contributed by atoms with van der Waals surface area (Å²) in [5.74, 6) is 1.24. The number of nitrogens with two attached hydrogens (primary N) is 1. The van der Waals surface area contributed by atoms with Gasteiger partial charge in [0, 0.05) is 5.56 Å². The van der Waals surface area contributed by atoms with E-state index in [0.29, 0.717) is 40.3 Å². The van der Waals surface area contributed by atoms with Gasteiger partial charge in [0.1, 0.15) is 35.6 Å². The average Bonchev–Trinajstić information content (AvgIpc) is 2.48. The molecule has 2 aromatic rings. The number of hydrogen-bond acceptors (Lipinski definition) is 3. The van der Waals surface area contributed by atoms with Gasteiger partial charge in [-0.05, 0) is 36.4 Å². The minimum absolute atomic E-state index is 0.0282. The summed E-state index contributed by atoms with van der Waals surface area (Å²) in [6, 6.07) is 12.2. The van der Waals surface area contributed by atoms with E-state index in [1.54, 1.807) is 42.5 Å². The Balaban J connectivity index is 1.82. The molecule has 3 N–H and O–H groups in total. The SMILES string of the molecule is N=C(N)c1ccc(OCCOc2cccc(Cl)c2Cl)cc1. The molecule has 0 fully saturated rings. The van der Waals surface area contributed by atoms with E-state index in [0.717, 1.165) is 0 Å². The lowest BCUT2D eigenvalue weighted by Crippen LogP contribution is -2.11. The fourth-order valence-corrected chi connectivity index (χ4v) is 1.98. The Morgan fingerprint density at radius 2 is 1.67 bits per heavy atom. The summed E-state index contributed by atoms with van der Waals surface area (Å²) in [6.07, 6.45) is 0. The zero-order valence-corrected chi connectivity index (χ0v) is 12.6. The van der Waals surface area contributed by atoms with Crippen LogP contribution in [0.4, 0.5) is 0 Å². The smallest absolute Gasteiger partial charge is 0.139 e. The first-order valence-corrected chi connectivity index (χ1v) is 6.97. The third kappa shape index (κ3) is 4.28. The molecule has 2 aromatic carbocycles. The average molecular weight is 325 g/mol. The molecule has 0 aromatic heterocycles. The minimum atomic E-state index is 0.0282. The van der Waals surface area contributed by atoms with Crippen LogP contribution < -0.4 is 15.2 Å². The normalized spacial score (nSPS) is 10.2. The number of rotatable bonds is 6. The maximum atomic E-state index is 7.30. The largest absolute Gasteiger partial charge is 0.490 e. The van der Waals surface area contributed by atoms with Crippen LogP contribution in [0.1, 0.15) is 5.56 Å². The zero-order valence-electron chi connectivity index (χ0n) is 11.1. The second kappa shape index (κ2) is 7.20. The van der Waals surface area contributed by atoms with Gasteiger partial charge in [-0.1, -0.05) is 29.3 Å². The molecule has 6 heteroatoms. The molecule has 0 saturated carbocycles. The highest BCUT2D eigenvalue weighted by atomic mass is 35.5. The summed E-state index contributed by atoms with van der Waals surface area (Å²) in [7, 11) is 0. The maximum Gasteiger partial charge on any atom is 0.139 e. The van der Waals surface area contributed by atoms with E-state index in [1.165, 1.54) is 0 Å². The van der Waals surface area contributed by atoms with Crippen molar-refractivity contribution < 1.29 is 9.47 Å². The molecule has 0 aliphatic heterocycles. The van der Waals surface area contributed by atoms with E-state index in [4.69, 9.17) is 43.8 Å². The van der Waals surface area contributed by atoms with E-state index in [2.05, 4.69) is 0 Å². The summed E-state index contributed by atoms with van der Waals surface area (Å²) < 4.78 is 11.0. The highest BCUT2D eigenvalue weighted by Crippen LogP contribution is 2.31. The van der Waals surface area contributed by atoms with Crippen molar-refractivity contribution in [2.75, 3.05) is 13.2 Å². The van der Waals surface area contributed by atoms with Crippen LogP contribution in [0.2, 0.25) is 10.0 Å². The van der Waals surface area contributed by atoms with Crippen LogP contribution in [0.3, 0.4) is 0 Å². The van der Waals surface area contributed by atoms with Gasteiger partial charge in [0.2, 0.25) is 0 Å². The number of amidine groups is 1. The van der Waals surface area contributed by atoms with Crippen LogP contribution in [-0.2, 0) is 0 Å². The van der Waals surface area contributed by atoms with Gasteiger partial charge in [-0.2, -0.15) is 0 Å². The number of ether oxygens (including phenoxy) is 2. The molecular weight excluding hydrogens is 311 g/mol. The fraction of sp³-hybridized carbons (Fsp3) is 0.133. The minimum Gasteiger partial charge on any atom is -0.490 e. The fourth-order valence-electron chi connectivity index (χ4n) is 1.64. The van der Waals surface area contributed by atoms with E-state index >= 15 is 0 Å². The Morgan fingerprint density at radius 3 is 2.33 bits per heavy atom. The number of nitrogen functional groups attached to an aromatic ring is 1. The standard InChI is InChI=1S/C15H14Cl2N2O2/c16-12-2-1-3-13(14(12)17)21-9-8-20-11-6-4-10(5-7-11)15(18)19/h1-7H,8-9H2,(H3,18,19). The van der Waals surface area contributed by atoms with Crippen molar-refractivity contribution >= 4 is 29.0 Å². The summed E-state index contributed by atoms with van der Waals surface area (Å²) in [5, 5.41) is 8.15. The van der Waals surface area contributed by atoms with Gasteiger partial charge >= 0.3 is 0 Å². The molecule has 0 radical (unpaired) electrons. The molecule has 0 saturated heterocycles. The topological polar surface area (TPSA) is 68.3 Å². The number of halogens is 2. The van der Waals surface area contributed by atoms with Gasteiger partial charge < -0.3 is 15.2 Å². The molecule has 2 rings (SSSR count). The Kier molecular flexibility index (Phi) is 5.31. The summed E-state index contributed by atoms with van der Waals surface area (Å²) in [6.45, 7) is 0.705. The van der Waals surface area contributed by atoms with Crippen molar-refractivity contribution in [1.82, 2.24) is 0 Å². The predicted octanol–water partition coefficient (Wildman–Crippen LogP) is 3.74. The molecule has 110 valence electrons. The number of nitrogens with one attached hydrogen (secondary N) is 1. The molecule has 0 atom stereocenters. The lowest BCUT2D eigenvalue weighted by atomic mass is 10.2. The lowest BCUT2D eigenvalue weighted by molar-refractivity contribution is 0.217. The van der Waals surface area contributed by atoms with Crippen LogP contribution in [0.15, 0.2) is 42.5 Å². The van der Waals surface area contributed by atoms with Crippen molar-refractivity contribution in [3.63, 3.8) is 0 Å². The maximum absolute atomic E-state index is 7.30. The van der Waals surface area contributed by atoms with Crippen LogP contribution in [0.5, 0.6) is 11.5 Å². The molecular formula is C15H14Cl2N2O2. The second-order valence-corrected chi connectivity index (χ2v) is 4.97. The Labute approximate surface area is 132 Å². The van der Waals surface area contributed by atoms with Crippen molar-refractivity contribution in [1.29, 1.82) is 5.41 Å². The van der Waals surface area contributed by atoms with Gasteiger partial charge in [-0.15, -0.1) is 0 Å². The molecule has 0 amide bonds. The Bertz CT molecular complexity index is 630. The highest BCUT2D eigenvalue weighted by molar-refractivity contribution is 6.42. The van der Waals surface area contributed by atoms with Crippen molar-refractivity contribution in [3.05, 3.63) is 58.1 Å². The third-order valence-electron chi connectivity index (χ3n) is 2.69. The molecule has 0 unspecified atom stereocenters. The first-order chi connectivity index (χ1) is 10.1. The van der Waals surface area contributed by atoms with Crippen molar-refractivity contribution in [3.8, 4) is 11.5 Å². The Hall–Kier alpha value is -1.91. The van der Waals surface area contributed by atoms with Gasteiger partial charge in [-0.25, -0.2) is 0 Å². The molecule has 0 bridgehead atoms. The monoisotopic (exact) mass is 324 g/mol. The third-order valence-corrected chi connectivity index (χ3v) is 3.49. The van der Waals surface area contributed by atoms with Gasteiger partial charge in [-0.3, -0.25) is 5.41 Å². The van der Waals surface area contributed by atoms with E-state index in [1.807, 2.05) is 0 Å². The van der Waals surface area contributed by atoms with Crippen LogP contribution >= 0.6 is 23.2 Å². The Morgan fingerprint density at radius 1 is 1.00 bits per heavy atom. The molecule has 0 heterocycles. The molecule has 21 heavy (non-hydrogen) atoms. The number of benzene rings is 2. The van der Waals surface area contributed by atoms with E-state index in [9.17, 15) is 0 Å². The van der Waals surface area contributed by atoms with Crippen LogP contribution in [-0.4, -0.2) is 19.0 Å². The predicted molar refractivity (Wildman–Crippen MR) is 84.9 cm³/mol. The lowest BCUT2D eigenvalue weighted by Gasteiger charge is -2.10. The first-order valence-electron chi connectivity index (χ1n) is 6.22. The second-order valence-electron chi connectivity index (χ2n) is 4.19. The number of hydrogen-bond donors (Lipinski definition) is 2. The van der Waals surface area contributed by atoms with Crippen LogP contribution in [0, 0.1) is 5.41 Å². The molecule has 0 spiro atoms. The molecule has 0 aliphatic carbocycles. The first kappa shape index (κ1) is 15.5. The zero-order chi connectivity index (χ0) is 15.2.